The molecule has 3 aromatic rings. The number of rotatable bonds is 7. The molecule has 0 aliphatic carbocycles. The molecule has 0 radical (unpaired) electrons. The molecule has 1 aliphatic rings. The predicted octanol–water partition coefficient (Wildman–Crippen LogP) is 3.31. The molecule has 1 amide bonds. The number of methoxy groups -OCH3 is 2. The van der Waals surface area contributed by atoms with Crippen molar-refractivity contribution in [3.05, 3.63) is 69.6 Å². The Labute approximate surface area is 180 Å². The number of fused-ring (bicyclic) bond motifs is 2. The van der Waals surface area contributed by atoms with Gasteiger partial charge in [-0.05, 0) is 56.9 Å². The van der Waals surface area contributed by atoms with Crippen LogP contribution in [0, 0.1) is 0 Å². The van der Waals surface area contributed by atoms with Crippen molar-refractivity contribution in [3.8, 4) is 11.5 Å². The van der Waals surface area contributed by atoms with Crippen molar-refractivity contribution >= 4 is 16.9 Å². The lowest BCUT2D eigenvalue weighted by Crippen LogP contribution is -2.32. The first-order valence-corrected chi connectivity index (χ1v) is 10.2. The molecule has 0 spiro atoms. The fourth-order valence-electron chi connectivity index (χ4n) is 4.12. The van der Waals surface area contributed by atoms with Crippen LogP contribution in [0.4, 0.5) is 0 Å². The maximum atomic E-state index is 13.5. The average molecular weight is 422 g/mol. The van der Waals surface area contributed by atoms with Gasteiger partial charge in [-0.3, -0.25) is 9.59 Å². The SMILES string of the molecule is COc1ccc([C@@H]2c3c(oc4ccccc4c3=O)C(=O)N2CCCN(C)C)cc1OC. The van der Waals surface area contributed by atoms with E-state index in [2.05, 4.69) is 4.90 Å². The molecule has 7 heteroatoms. The third-order valence-electron chi connectivity index (χ3n) is 5.60. The minimum Gasteiger partial charge on any atom is -0.493 e. The molecule has 7 nitrogen and oxygen atoms in total. The smallest absolute Gasteiger partial charge is 0.290 e. The van der Waals surface area contributed by atoms with Crippen molar-refractivity contribution < 1.29 is 18.7 Å². The molecule has 2 aromatic carbocycles. The molecule has 31 heavy (non-hydrogen) atoms. The van der Waals surface area contributed by atoms with Gasteiger partial charge in [-0.15, -0.1) is 0 Å². The van der Waals surface area contributed by atoms with Crippen LogP contribution in [-0.2, 0) is 0 Å². The number of carbonyl (C=O) groups excluding carboxylic acids is 1. The number of hydrogen-bond donors (Lipinski definition) is 0. The highest BCUT2D eigenvalue weighted by atomic mass is 16.5. The Kier molecular flexibility index (Phi) is 5.69. The summed E-state index contributed by atoms with van der Waals surface area (Å²) in [7, 11) is 7.11. The summed E-state index contributed by atoms with van der Waals surface area (Å²) in [4.78, 5) is 30.6. The molecule has 1 aliphatic heterocycles. The van der Waals surface area contributed by atoms with E-state index in [1.54, 1.807) is 49.5 Å². The summed E-state index contributed by atoms with van der Waals surface area (Å²) in [5.41, 5.74) is 1.39. The highest BCUT2D eigenvalue weighted by Crippen LogP contribution is 2.40. The van der Waals surface area contributed by atoms with Crippen LogP contribution in [0.3, 0.4) is 0 Å². The zero-order valence-electron chi connectivity index (χ0n) is 18.2. The van der Waals surface area contributed by atoms with Gasteiger partial charge in [-0.2, -0.15) is 0 Å². The standard InChI is InChI=1S/C24H26N2O5/c1-25(2)12-7-13-26-21(15-10-11-18(29-3)19(14-15)30-4)20-22(27)16-8-5-6-9-17(16)31-23(20)24(26)28/h5-6,8-11,14,21H,7,12-13H2,1-4H3/t21-/m1/s1. The van der Waals surface area contributed by atoms with Gasteiger partial charge in [0.2, 0.25) is 5.76 Å². The Morgan fingerprint density at radius 2 is 1.77 bits per heavy atom. The topological polar surface area (TPSA) is 72.2 Å². The summed E-state index contributed by atoms with van der Waals surface area (Å²) in [6.45, 7) is 1.32. The first-order chi connectivity index (χ1) is 15.0. The maximum absolute atomic E-state index is 13.5. The van der Waals surface area contributed by atoms with Crippen molar-refractivity contribution in [1.29, 1.82) is 0 Å². The molecule has 0 fully saturated rings. The minimum atomic E-state index is -0.551. The molecule has 2 heterocycles. The Morgan fingerprint density at radius 1 is 1.03 bits per heavy atom. The Bertz CT molecular complexity index is 1180. The summed E-state index contributed by atoms with van der Waals surface area (Å²) >= 11 is 0. The Hall–Kier alpha value is -3.32. The molecule has 162 valence electrons. The molecule has 0 saturated heterocycles. The van der Waals surface area contributed by atoms with Crippen LogP contribution >= 0.6 is 0 Å². The molecule has 0 unspecified atom stereocenters. The third kappa shape index (κ3) is 3.65. The van der Waals surface area contributed by atoms with Gasteiger partial charge in [-0.1, -0.05) is 18.2 Å². The van der Waals surface area contributed by atoms with Crippen LogP contribution < -0.4 is 14.9 Å². The number of para-hydroxylation sites is 1. The monoisotopic (exact) mass is 422 g/mol. The molecule has 0 bridgehead atoms. The number of benzene rings is 2. The quantitative estimate of drug-likeness (QED) is 0.582. The van der Waals surface area contributed by atoms with Crippen molar-refractivity contribution in [3.63, 3.8) is 0 Å². The van der Waals surface area contributed by atoms with E-state index in [-0.39, 0.29) is 17.1 Å². The summed E-state index contributed by atoms with van der Waals surface area (Å²) in [5.74, 6) is 0.976. The van der Waals surface area contributed by atoms with E-state index in [1.807, 2.05) is 26.2 Å². The zero-order chi connectivity index (χ0) is 22.1. The average Bonchev–Trinajstić information content (AvgIpc) is 3.05. The van der Waals surface area contributed by atoms with E-state index in [4.69, 9.17) is 13.9 Å². The van der Waals surface area contributed by atoms with Gasteiger partial charge in [0.15, 0.2) is 16.9 Å². The first kappa shape index (κ1) is 20.9. The van der Waals surface area contributed by atoms with E-state index in [0.717, 1.165) is 18.5 Å². The van der Waals surface area contributed by atoms with E-state index in [0.29, 0.717) is 34.6 Å². The van der Waals surface area contributed by atoms with E-state index >= 15 is 0 Å². The van der Waals surface area contributed by atoms with E-state index in [9.17, 15) is 9.59 Å². The van der Waals surface area contributed by atoms with Crippen LogP contribution in [-0.4, -0.2) is 57.1 Å². The highest BCUT2D eigenvalue weighted by Gasteiger charge is 2.42. The van der Waals surface area contributed by atoms with Gasteiger partial charge in [0.1, 0.15) is 5.58 Å². The molecule has 1 aromatic heterocycles. The zero-order valence-corrected chi connectivity index (χ0v) is 18.2. The van der Waals surface area contributed by atoms with Crippen molar-refractivity contribution in [1.82, 2.24) is 9.80 Å². The highest BCUT2D eigenvalue weighted by molar-refractivity contribution is 5.99. The fourth-order valence-corrected chi connectivity index (χ4v) is 4.12. The summed E-state index contributed by atoms with van der Waals surface area (Å²) in [6.07, 6.45) is 0.768. The van der Waals surface area contributed by atoms with Crippen LogP contribution in [0.1, 0.15) is 34.1 Å². The summed E-state index contributed by atoms with van der Waals surface area (Å²) < 4.78 is 16.8. The lowest BCUT2D eigenvalue weighted by Gasteiger charge is -2.26. The second-order valence-electron chi connectivity index (χ2n) is 7.84. The van der Waals surface area contributed by atoms with Crippen molar-refractivity contribution in [2.45, 2.75) is 12.5 Å². The molecular weight excluding hydrogens is 396 g/mol. The minimum absolute atomic E-state index is 0.119. The summed E-state index contributed by atoms with van der Waals surface area (Å²) in [6, 6.07) is 11.9. The Balaban J connectivity index is 1.88. The third-order valence-corrected chi connectivity index (χ3v) is 5.60. The normalized spacial score (nSPS) is 15.6. The molecule has 1 atom stereocenters. The number of amides is 1. The first-order valence-electron chi connectivity index (χ1n) is 10.2. The second-order valence-corrected chi connectivity index (χ2v) is 7.84. The lowest BCUT2D eigenvalue weighted by atomic mass is 9.98. The molecular formula is C24H26N2O5. The van der Waals surface area contributed by atoms with Gasteiger partial charge in [0.05, 0.1) is 31.2 Å². The van der Waals surface area contributed by atoms with Crippen LogP contribution in [0.2, 0.25) is 0 Å². The largest absolute Gasteiger partial charge is 0.493 e. The number of nitrogens with zero attached hydrogens (tertiary/aromatic N) is 2. The van der Waals surface area contributed by atoms with Crippen molar-refractivity contribution in [2.24, 2.45) is 0 Å². The van der Waals surface area contributed by atoms with Gasteiger partial charge >= 0.3 is 0 Å². The van der Waals surface area contributed by atoms with Gasteiger partial charge in [0.25, 0.3) is 5.91 Å². The van der Waals surface area contributed by atoms with Crippen molar-refractivity contribution in [2.75, 3.05) is 41.4 Å². The summed E-state index contributed by atoms with van der Waals surface area (Å²) in [5, 5.41) is 0.467. The number of ether oxygens (including phenoxy) is 2. The fraction of sp³-hybridized carbons (Fsp3) is 0.333. The van der Waals surface area contributed by atoms with Gasteiger partial charge in [-0.25, -0.2) is 0 Å². The number of carbonyl (C=O) groups is 1. The van der Waals surface area contributed by atoms with Crippen LogP contribution in [0.15, 0.2) is 51.7 Å². The number of hydrogen-bond acceptors (Lipinski definition) is 6. The van der Waals surface area contributed by atoms with Gasteiger partial charge in [0, 0.05) is 6.54 Å². The van der Waals surface area contributed by atoms with E-state index in [1.165, 1.54) is 0 Å². The van der Waals surface area contributed by atoms with Gasteiger partial charge < -0.3 is 23.7 Å². The second kappa shape index (κ2) is 8.43. The Morgan fingerprint density at radius 3 is 2.48 bits per heavy atom. The molecule has 0 N–H and O–H groups in total. The van der Waals surface area contributed by atoms with Crippen LogP contribution in [0.5, 0.6) is 11.5 Å². The maximum Gasteiger partial charge on any atom is 0.290 e. The molecule has 4 rings (SSSR count). The van der Waals surface area contributed by atoms with E-state index < -0.39 is 6.04 Å². The lowest BCUT2D eigenvalue weighted by molar-refractivity contribution is 0.0722. The van der Waals surface area contributed by atoms with Crippen LogP contribution in [0.25, 0.3) is 11.0 Å². The predicted molar refractivity (Wildman–Crippen MR) is 118 cm³/mol. The molecule has 0 saturated carbocycles.